The molecule has 2 heterocycles. The minimum atomic E-state index is 0.219. The smallest absolute Gasteiger partial charge is 0.226 e. The van der Waals surface area contributed by atoms with E-state index in [0.29, 0.717) is 5.65 Å². The highest BCUT2D eigenvalue weighted by atomic mass is 35.5. The van der Waals surface area contributed by atoms with Crippen LogP contribution in [0.4, 0.5) is 5.82 Å². The molecule has 2 N–H and O–H groups in total. The molecule has 0 saturated heterocycles. The van der Waals surface area contributed by atoms with Gasteiger partial charge in [0, 0.05) is 19.1 Å². The summed E-state index contributed by atoms with van der Waals surface area (Å²) in [7, 11) is 0. The van der Waals surface area contributed by atoms with Crippen LogP contribution in [0, 0.1) is 0 Å². The molecular weight excluding hydrogens is 264 g/mol. The number of fused-ring (bicyclic) bond motifs is 1. The number of hydrogen-bond acceptors (Lipinski definition) is 5. The lowest BCUT2D eigenvalue weighted by Crippen LogP contribution is -2.31. The van der Waals surface area contributed by atoms with Crippen molar-refractivity contribution in [3.63, 3.8) is 0 Å². The highest BCUT2D eigenvalue weighted by molar-refractivity contribution is 6.28. The van der Waals surface area contributed by atoms with Gasteiger partial charge in [0.1, 0.15) is 5.52 Å². The van der Waals surface area contributed by atoms with E-state index in [-0.39, 0.29) is 5.28 Å². The third-order valence-corrected chi connectivity index (χ3v) is 3.59. The Morgan fingerprint density at radius 2 is 2.32 bits per heavy atom. The minimum absolute atomic E-state index is 0.219. The highest BCUT2D eigenvalue weighted by Gasteiger charge is 2.27. The van der Waals surface area contributed by atoms with Crippen molar-refractivity contribution in [1.29, 1.82) is 0 Å². The molecular formula is C12H17ClN6. The molecule has 0 aromatic carbocycles. The number of nitrogens with one attached hydrogen (secondary N) is 2. The number of nitrogens with zero attached hydrogens (tertiary/aromatic N) is 4. The first kappa shape index (κ1) is 12.6. The van der Waals surface area contributed by atoms with Gasteiger partial charge in [-0.2, -0.15) is 9.97 Å². The Labute approximate surface area is 116 Å². The van der Waals surface area contributed by atoms with E-state index in [9.17, 15) is 0 Å². The molecule has 1 aliphatic rings. The summed E-state index contributed by atoms with van der Waals surface area (Å²) in [6, 6.07) is 0.785. The lowest BCUT2D eigenvalue weighted by molar-refractivity contribution is 0.289. The quantitative estimate of drug-likeness (QED) is 0.791. The van der Waals surface area contributed by atoms with E-state index in [4.69, 9.17) is 11.6 Å². The van der Waals surface area contributed by atoms with Gasteiger partial charge in [-0.05, 0) is 31.0 Å². The number of rotatable bonds is 6. The van der Waals surface area contributed by atoms with Gasteiger partial charge in [0.15, 0.2) is 11.5 Å². The summed E-state index contributed by atoms with van der Waals surface area (Å²) in [6.07, 6.45) is 4.26. The van der Waals surface area contributed by atoms with Crippen LogP contribution >= 0.6 is 11.6 Å². The van der Waals surface area contributed by atoms with Gasteiger partial charge in [0.2, 0.25) is 5.28 Å². The van der Waals surface area contributed by atoms with Crippen LogP contribution in [-0.4, -0.2) is 50.5 Å². The Kier molecular flexibility index (Phi) is 3.52. The van der Waals surface area contributed by atoms with Gasteiger partial charge in [-0.1, -0.05) is 6.92 Å². The predicted octanol–water partition coefficient (Wildman–Crippen LogP) is 1.90. The summed E-state index contributed by atoms with van der Waals surface area (Å²) in [5.41, 5.74) is 1.40. The van der Waals surface area contributed by atoms with Crippen LogP contribution in [0.3, 0.4) is 0 Å². The average molecular weight is 281 g/mol. The molecule has 19 heavy (non-hydrogen) atoms. The molecule has 0 unspecified atom stereocenters. The van der Waals surface area contributed by atoms with Gasteiger partial charge in [0.25, 0.3) is 0 Å². The van der Waals surface area contributed by atoms with E-state index >= 15 is 0 Å². The molecule has 102 valence electrons. The first-order chi connectivity index (χ1) is 9.28. The molecule has 0 bridgehead atoms. The summed E-state index contributed by atoms with van der Waals surface area (Å²) in [4.78, 5) is 17.9. The van der Waals surface area contributed by atoms with Crippen LogP contribution in [0.1, 0.15) is 19.8 Å². The zero-order chi connectivity index (χ0) is 13.2. The minimum Gasteiger partial charge on any atom is -0.367 e. The van der Waals surface area contributed by atoms with Crippen molar-refractivity contribution in [3.8, 4) is 0 Å². The van der Waals surface area contributed by atoms with Gasteiger partial charge in [0.05, 0.1) is 6.33 Å². The predicted molar refractivity (Wildman–Crippen MR) is 75.5 cm³/mol. The van der Waals surface area contributed by atoms with Crippen molar-refractivity contribution in [2.24, 2.45) is 0 Å². The van der Waals surface area contributed by atoms with Gasteiger partial charge in [-0.25, -0.2) is 4.98 Å². The SMILES string of the molecule is CCN(CCNc1nc(Cl)nc2nc[nH]c12)C1CC1. The second kappa shape index (κ2) is 5.30. The highest BCUT2D eigenvalue weighted by Crippen LogP contribution is 2.26. The number of H-pyrrole nitrogens is 1. The van der Waals surface area contributed by atoms with E-state index < -0.39 is 0 Å². The maximum atomic E-state index is 5.88. The topological polar surface area (TPSA) is 69.7 Å². The molecule has 2 aromatic heterocycles. The monoisotopic (exact) mass is 280 g/mol. The van der Waals surface area contributed by atoms with E-state index in [0.717, 1.165) is 37.0 Å². The fourth-order valence-corrected chi connectivity index (χ4v) is 2.46. The molecule has 1 fully saturated rings. The first-order valence-corrected chi connectivity index (χ1v) is 7.00. The number of aromatic nitrogens is 4. The maximum Gasteiger partial charge on any atom is 0.226 e. The van der Waals surface area contributed by atoms with Gasteiger partial charge >= 0.3 is 0 Å². The molecule has 0 aliphatic heterocycles. The van der Waals surface area contributed by atoms with Crippen molar-refractivity contribution < 1.29 is 0 Å². The lowest BCUT2D eigenvalue weighted by atomic mass is 10.4. The van der Waals surface area contributed by atoms with E-state index in [1.165, 1.54) is 12.8 Å². The zero-order valence-corrected chi connectivity index (χ0v) is 11.6. The number of anilines is 1. The van der Waals surface area contributed by atoms with Crippen LogP contribution in [-0.2, 0) is 0 Å². The average Bonchev–Trinajstić information content (AvgIpc) is 3.12. The van der Waals surface area contributed by atoms with Crippen LogP contribution in [0.25, 0.3) is 11.2 Å². The van der Waals surface area contributed by atoms with Crippen molar-refractivity contribution >= 4 is 28.6 Å². The molecule has 1 aliphatic carbocycles. The molecule has 0 radical (unpaired) electrons. The summed E-state index contributed by atoms with van der Waals surface area (Å²) in [5, 5.41) is 3.53. The van der Waals surface area contributed by atoms with Crippen LogP contribution < -0.4 is 5.32 Å². The number of hydrogen-bond donors (Lipinski definition) is 2. The number of likely N-dealkylation sites (N-methyl/N-ethyl adjacent to an activating group) is 1. The first-order valence-electron chi connectivity index (χ1n) is 6.62. The Morgan fingerprint density at radius 3 is 3.05 bits per heavy atom. The van der Waals surface area contributed by atoms with Gasteiger partial charge in [-0.15, -0.1) is 0 Å². The second-order valence-corrected chi connectivity index (χ2v) is 5.07. The summed E-state index contributed by atoms with van der Waals surface area (Å²) >= 11 is 5.88. The third-order valence-electron chi connectivity index (χ3n) is 3.42. The lowest BCUT2D eigenvalue weighted by Gasteiger charge is -2.19. The molecule has 0 spiro atoms. The number of imidazole rings is 1. The zero-order valence-electron chi connectivity index (χ0n) is 10.9. The van der Waals surface area contributed by atoms with Crippen LogP contribution in [0.2, 0.25) is 5.28 Å². The second-order valence-electron chi connectivity index (χ2n) is 4.73. The Morgan fingerprint density at radius 1 is 1.47 bits per heavy atom. The number of aromatic amines is 1. The summed E-state index contributed by atoms with van der Waals surface area (Å²) in [5.74, 6) is 0.722. The Balaban J connectivity index is 1.66. The number of halogens is 1. The third kappa shape index (κ3) is 2.79. The van der Waals surface area contributed by atoms with Gasteiger partial charge in [-0.3, -0.25) is 4.90 Å². The molecule has 0 atom stereocenters. The molecule has 7 heteroatoms. The Bertz CT molecular complexity index is 564. The van der Waals surface area contributed by atoms with E-state index in [1.807, 2.05) is 0 Å². The van der Waals surface area contributed by atoms with Crippen molar-refractivity contribution in [2.75, 3.05) is 25.0 Å². The fraction of sp³-hybridized carbons (Fsp3) is 0.583. The van der Waals surface area contributed by atoms with Crippen molar-refractivity contribution in [1.82, 2.24) is 24.8 Å². The standard InChI is InChI=1S/C12H17ClN6/c1-2-19(8-3-4-8)6-5-14-10-9-11(16-7-15-9)18-12(13)17-10/h7-8H,2-6H2,1H3,(H2,14,15,16,17,18). The molecule has 3 rings (SSSR count). The van der Waals surface area contributed by atoms with Crippen molar-refractivity contribution in [2.45, 2.75) is 25.8 Å². The Hall–Kier alpha value is -1.40. The van der Waals surface area contributed by atoms with Crippen LogP contribution in [0.15, 0.2) is 6.33 Å². The molecule has 6 nitrogen and oxygen atoms in total. The summed E-state index contributed by atoms with van der Waals surface area (Å²) in [6.45, 7) is 5.15. The summed E-state index contributed by atoms with van der Waals surface area (Å²) < 4.78 is 0. The van der Waals surface area contributed by atoms with Gasteiger partial charge < -0.3 is 10.3 Å². The largest absolute Gasteiger partial charge is 0.367 e. The normalized spacial score (nSPS) is 15.3. The van der Waals surface area contributed by atoms with Crippen LogP contribution in [0.5, 0.6) is 0 Å². The maximum absolute atomic E-state index is 5.88. The molecule has 1 saturated carbocycles. The van der Waals surface area contributed by atoms with E-state index in [1.54, 1.807) is 6.33 Å². The fourth-order valence-electron chi connectivity index (χ4n) is 2.29. The molecule has 2 aromatic rings. The van der Waals surface area contributed by atoms with Crippen molar-refractivity contribution in [3.05, 3.63) is 11.6 Å². The van der Waals surface area contributed by atoms with E-state index in [2.05, 4.69) is 37.1 Å². The molecule has 0 amide bonds.